The quantitative estimate of drug-likeness (QED) is 0.0275. The number of ether oxygens (including phenoxy) is 2. The number of nitrogens with two attached hydrogens (primary N) is 2. The normalized spacial score (nSPS) is 27.7. The highest BCUT2D eigenvalue weighted by atomic mass is 35.7. The summed E-state index contributed by atoms with van der Waals surface area (Å²) in [4.78, 5) is 25.7. The Labute approximate surface area is 510 Å². The number of nitrogens with zero attached hydrogens (tertiary/aromatic N) is 8. The van der Waals surface area contributed by atoms with Gasteiger partial charge in [-0.1, -0.05) is 111 Å². The van der Waals surface area contributed by atoms with Gasteiger partial charge in [0.05, 0.1) is 45.0 Å². The monoisotopic (exact) mass is 1330 g/mol. The summed E-state index contributed by atoms with van der Waals surface area (Å²) < 4.78 is 106. The molecule has 8 rings (SSSR count). The van der Waals surface area contributed by atoms with Crippen molar-refractivity contribution < 1.29 is 71.7 Å². The number of aliphatic hydroxyl groups is 3. The Morgan fingerprint density at radius 1 is 0.588 bits per heavy atom. The number of rotatable bonds is 18. The first-order chi connectivity index (χ1) is 39.3. The summed E-state index contributed by atoms with van der Waals surface area (Å²) in [5.41, 5.74) is 11.5. The van der Waals surface area contributed by atoms with Crippen molar-refractivity contribution in [1.82, 2.24) is 39.0 Å². The first-order valence-electron chi connectivity index (χ1n) is 29.3. The summed E-state index contributed by atoms with van der Waals surface area (Å²) in [5, 5.41) is 34.9. The molecule has 4 aliphatic heterocycles. The maximum atomic E-state index is 12.7. The van der Waals surface area contributed by atoms with Gasteiger partial charge in [-0.05, 0) is 70.0 Å². The fraction of sp³-hybridized carbons (Fsp3) is 0.808. The van der Waals surface area contributed by atoms with E-state index in [9.17, 15) is 32.2 Å². The van der Waals surface area contributed by atoms with Crippen LogP contribution >= 0.6 is 10.7 Å². The molecule has 0 saturated carbocycles. The molecule has 4 saturated heterocycles. The lowest BCUT2D eigenvalue weighted by Gasteiger charge is -2.52. The molecule has 0 aromatic carbocycles. The summed E-state index contributed by atoms with van der Waals surface area (Å²) in [7, 11) is -14.1. The molecule has 0 aliphatic carbocycles. The van der Waals surface area contributed by atoms with Crippen molar-refractivity contribution in [1.29, 1.82) is 0 Å². The van der Waals surface area contributed by atoms with Crippen LogP contribution in [0.5, 0.6) is 0 Å². The fourth-order valence-electron chi connectivity index (χ4n) is 12.6. The van der Waals surface area contributed by atoms with Crippen LogP contribution in [0, 0.1) is 0 Å². The Morgan fingerprint density at radius 2 is 0.918 bits per heavy atom. The molecule has 7 N–H and O–H groups in total. The van der Waals surface area contributed by atoms with E-state index in [0.29, 0.717) is 28.7 Å². The van der Waals surface area contributed by atoms with Crippen molar-refractivity contribution in [2.75, 3.05) is 50.4 Å². The summed E-state index contributed by atoms with van der Waals surface area (Å²) in [6, 6.07) is 0. The van der Waals surface area contributed by atoms with Gasteiger partial charge in [0.2, 0.25) is 9.05 Å². The van der Waals surface area contributed by atoms with E-state index in [4.69, 9.17) is 51.1 Å². The average Bonchev–Trinajstić information content (AvgIpc) is 1.68. The number of anilines is 2. The number of hydrogen-bond acceptors (Lipinski definition) is 24. The number of imidazole rings is 2. The second kappa shape index (κ2) is 27.4. The van der Waals surface area contributed by atoms with Gasteiger partial charge < -0.3 is 62.2 Å². The zero-order valence-electron chi connectivity index (χ0n) is 52.6. The van der Waals surface area contributed by atoms with Gasteiger partial charge in [-0.25, -0.2) is 38.3 Å². The molecule has 0 amide bonds. The van der Waals surface area contributed by atoms with Crippen LogP contribution in [0.15, 0.2) is 25.3 Å². The van der Waals surface area contributed by atoms with Crippen molar-refractivity contribution in [2.24, 2.45) is 0 Å². The minimum atomic E-state index is -3.65. The molecular formula is C52H95ClN10O16S2Si4. The number of aliphatic hydroxyl groups excluding tert-OH is 1. The van der Waals surface area contributed by atoms with Crippen LogP contribution in [-0.4, -0.2) is 180 Å². The van der Waals surface area contributed by atoms with Crippen LogP contribution in [0.3, 0.4) is 0 Å². The van der Waals surface area contributed by atoms with E-state index >= 15 is 0 Å². The molecule has 4 aromatic rings. The first kappa shape index (κ1) is 71.4. The van der Waals surface area contributed by atoms with Gasteiger partial charge in [-0.2, -0.15) is 8.42 Å². The molecule has 85 heavy (non-hydrogen) atoms. The molecule has 26 nitrogen and oxygen atoms in total. The molecule has 8 atom stereocenters. The van der Waals surface area contributed by atoms with Crippen LogP contribution in [0.25, 0.3) is 22.3 Å². The van der Waals surface area contributed by atoms with Crippen molar-refractivity contribution in [3.63, 3.8) is 0 Å². The summed E-state index contributed by atoms with van der Waals surface area (Å²) in [6.45, 7) is 34.5. The predicted molar refractivity (Wildman–Crippen MR) is 332 cm³/mol. The molecule has 33 heteroatoms. The third kappa shape index (κ3) is 14.6. The number of nitrogen functional groups attached to an aromatic ring is 2. The smallest absolute Gasteiger partial charge is 0.335 e. The van der Waals surface area contributed by atoms with E-state index in [1.54, 1.807) is 15.5 Å². The second-order valence-corrected chi connectivity index (χ2v) is 47.7. The lowest BCUT2D eigenvalue weighted by Crippen LogP contribution is -2.67. The van der Waals surface area contributed by atoms with Crippen LogP contribution in [-0.2, 0) is 58.8 Å². The zero-order valence-corrected chi connectivity index (χ0v) is 59.0. The minimum Gasteiger partial charge on any atom is -0.414 e. The molecule has 484 valence electrons. The van der Waals surface area contributed by atoms with Gasteiger partial charge >= 0.3 is 34.2 Å². The molecule has 8 heterocycles. The molecule has 4 fully saturated rings. The largest absolute Gasteiger partial charge is 0.414 e. The summed E-state index contributed by atoms with van der Waals surface area (Å²) in [5.74, 6) is 0.455. The molecule has 0 bridgehead atoms. The molecule has 0 unspecified atom stereocenters. The van der Waals surface area contributed by atoms with Crippen LogP contribution in [0.4, 0.5) is 11.6 Å². The maximum Gasteiger partial charge on any atom is 0.335 e. The highest BCUT2D eigenvalue weighted by molar-refractivity contribution is 8.13. The predicted octanol–water partition coefficient (Wildman–Crippen LogP) is 7.70. The Balaban J connectivity index is 0.000000253. The van der Waals surface area contributed by atoms with Gasteiger partial charge in [0.25, 0.3) is 10.1 Å². The third-order valence-electron chi connectivity index (χ3n) is 16.8. The van der Waals surface area contributed by atoms with Gasteiger partial charge in [0, 0.05) is 17.3 Å². The lowest BCUT2D eigenvalue weighted by atomic mass is 9.89. The Kier molecular flexibility index (Phi) is 23.0. The first-order valence-corrected chi connectivity index (χ1v) is 41.7. The van der Waals surface area contributed by atoms with Gasteiger partial charge in [0.15, 0.2) is 35.4 Å². The van der Waals surface area contributed by atoms with E-state index < -0.39 is 101 Å². The highest BCUT2D eigenvalue weighted by Crippen LogP contribution is 2.54. The SMILES string of the molecule is CC(C)[Si]1(C(C)C)OC[C@H]2O[C@@H](n3cnc4c(N)ncnc43)[C@](O)(CCCO)[C@@H]2O[Si](C(C)C)(C(C)C)O1.CC(C)[Si]1(C(C)C)OC[C@H]2O[C@@H](n3cnc4c(N)ncnc43)[C@](O)(CCCOS(C)(=O)=O)[C@@H]2O[Si](C(C)C)(C(C)C)O1.CS(=O)(=O)Cl. The van der Waals surface area contributed by atoms with Crippen molar-refractivity contribution >= 4 is 98.1 Å². The topological polar surface area (TPSA) is 351 Å². The van der Waals surface area contributed by atoms with E-state index in [2.05, 4.69) is 151 Å². The van der Waals surface area contributed by atoms with Crippen molar-refractivity contribution in [3.8, 4) is 0 Å². The molecule has 0 radical (unpaired) electrons. The maximum absolute atomic E-state index is 12.7. The molecular weight excluding hydrogens is 1230 g/mol. The van der Waals surface area contributed by atoms with E-state index in [1.165, 1.54) is 19.0 Å². The van der Waals surface area contributed by atoms with Crippen LogP contribution in [0.2, 0.25) is 44.3 Å². The summed E-state index contributed by atoms with van der Waals surface area (Å²) in [6.07, 6.45) is 3.98. The number of aromatic nitrogens is 8. The lowest BCUT2D eigenvalue weighted by molar-refractivity contribution is -0.113. The molecule has 4 aromatic heterocycles. The Hall–Kier alpha value is -2.72. The van der Waals surface area contributed by atoms with Gasteiger partial charge in [-0.15, -0.1) is 0 Å². The van der Waals surface area contributed by atoms with Gasteiger partial charge in [-0.3, -0.25) is 13.3 Å². The summed E-state index contributed by atoms with van der Waals surface area (Å²) >= 11 is 0. The Bertz CT molecular complexity index is 3070. The van der Waals surface area contributed by atoms with E-state index in [-0.39, 0.29) is 102 Å². The molecule has 0 spiro atoms. The van der Waals surface area contributed by atoms with Crippen LogP contribution in [0.1, 0.15) is 149 Å². The van der Waals surface area contributed by atoms with E-state index in [1.807, 2.05) is 0 Å². The van der Waals surface area contributed by atoms with Crippen LogP contribution < -0.4 is 11.5 Å². The zero-order chi connectivity index (χ0) is 63.8. The number of hydrogen-bond donors (Lipinski definition) is 5. The highest BCUT2D eigenvalue weighted by Gasteiger charge is 2.68. The Morgan fingerprint density at radius 3 is 1.22 bits per heavy atom. The standard InChI is InChI=1S/C26H47N5O8SSi2.C25H45N5O6Si2.CH3ClO2S/c1-16(2)41(17(3)4)36-13-20-22(38-42(39-41,18(5)6)19(7)8)26(32,11-10-12-35-40(9,33)34)25(37-20)31-15-30-21-23(27)28-14-29-24(21)31;1-15(2)37(16(3)4)33-12-19-21(35-38(36-37,17(5)6)18(7)8)25(32,10-9-11-31)24(34-19)30-14-29-20-22(26)27-13-28-23(20)30;1-5(2,3)4/h14-20,22,25,32H,10-13H2,1-9H3,(H2,27,28,29);13-19,21,24,31-32H,9-12H2,1-8H3,(H2,26,27,28);1H3/t20-,22-,25-,26+;19-,21-,24-,25+;/m11./s1. The van der Waals surface area contributed by atoms with E-state index in [0.717, 1.165) is 12.5 Å². The number of halogens is 1. The molecule has 4 aliphatic rings. The van der Waals surface area contributed by atoms with Crippen molar-refractivity contribution in [3.05, 3.63) is 25.3 Å². The van der Waals surface area contributed by atoms with Crippen molar-refractivity contribution in [2.45, 2.75) is 229 Å². The minimum absolute atomic E-state index is 0.0303. The second-order valence-electron chi connectivity index (χ2n) is 25.4. The average molecular weight is 1330 g/mol. The third-order valence-corrected chi connectivity index (χ3v) is 37.9. The fourth-order valence-corrected chi connectivity index (χ4v) is 35.6. The number of fused-ring (bicyclic) bond motifs is 4. The van der Waals surface area contributed by atoms with Gasteiger partial charge in [0.1, 0.15) is 59.3 Å².